The minimum Gasteiger partial charge on any atom is -0.464 e. The van der Waals surface area contributed by atoms with E-state index in [2.05, 4.69) is 9.72 Å². The fourth-order valence-corrected chi connectivity index (χ4v) is 2.51. The van der Waals surface area contributed by atoms with E-state index in [0.29, 0.717) is 35.2 Å². The maximum Gasteiger partial charge on any atom is 0.360 e. The minimum absolute atomic E-state index is 0.0429. The van der Waals surface area contributed by atoms with E-state index in [-0.39, 0.29) is 24.0 Å². The molecular weight excluding hydrogens is 383 g/mol. The topological polar surface area (TPSA) is 81.9 Å². The molecule has 2 aromatic rings. The number of benzene rings is 1. The lowest BCUT2D eigenvalue weighted by Crippen LogP contribution is -2.32. The van der Waals surface area contributed by atoms with E-state index in [0.717, 1.165) is 0 Å². The molecule has 0 aliphatic rings. The van der Waals surface area contributed by atoms with Crippen LogP contribution in [0.1, 0.15) is 33.2 Å². The summed E-state index contributed by atoms with van der Waals surface area (Å²) in [4.78, 5) is 29.9. The number of oxazole rings is 1. The summed E-state index contributed by atoms with van der Waals surface area (Å²) in [5.74, 6) is -0.657. The summed E-state index contributed by atoms with van der Waals surface area (Å²) in [6.07, 6.45) is 1.81. The maximum absolute atomic E-state index is 12.8. The summed E-state index contributed by atoms with van der Waals surface area (Å²) in [7, 11) is 2.84. The smallest absolute Gasteiger partial charge is 0.360 e. The van der Waals surface area contributed by atoms with Gasteiger partial charge in [-0.15, -0.1) is 0 Å². The maximum atomic E-state index is 12.8. The van der Waals surface area contributed by atoms with Gasteiger partial charge in [-0.25, -0.2) is 9.78 Å². The molecule has 0 aliphatic carbocycles. The largest absolute Gasteiger partial charge is 0.464 e. The van der Waals surface area contributed by atoms with Crippen molar-refractivity contribution in [3.05, 3.63) is 51.7 Å². The number of aromatic nitrogens is 1. The highest BCUT2D eigenvalue weighted by Gasteiger charge is 2.20. The molecule has 1 heterocycles. The Balaban J connectivity index is 2.18. The van der Waals surface area contributed by atoms with E-state index < -0.39 is 5.97 Å². The Morgan fingerprint density at radius 2 is 2.00 bits per heavy atom. The molecule has 1 aromatic carbocycles. The van der Waals surface area contributed by atoms with E-state index in [1.54, 1.807) is 19.2 Å². The Morgan fingerprint density at radius 3 is 2.65 bits per heavy atom. The monoisotopic (exact) mass is 400 g/mol. The number of hydrogen-bond donors (Lipinski definition) is 0. The molecule has 0 fully saturated rings. The third-order valence-electron chi connectivity index (χ3n) is 3.50. The lowest BCUT2D eigenvalue weighted by molar-refractivity contribution is 0.0594. The number of methoxy groups -OCH3 is 2. The van der Waals surface area contributed by atoms with E-state index in [9.17, 15) is 9.59 Å². The first-order valence-electron chi connectivity index (χ1n) is 7.72. The average Bonchev–Trinajstić information content (AvgIpc) is 3.10. The van der Waals surface area contributed by atoms with Crippen molar-refractivity contribution in [3.63, 3.8) is 0 Å². The van der Waals surface area contributed by atoms with Gasteiger partial charge in [-0.3, -0.25) is 4.79 Å². The summed E-state index contributed by atoms with van der Waals surface area (Å²) < 4.78 is 14.9. The van der Waals surface area contributed by atoms with Crippen LogP contribution >= 0.6 is 23.2 Å². The predicted molar refractivity (Wildman–Crippen MR) is 95.5 cm³/mol. The number of hydrogen-bond acceptors (Lipinski definition) is 6. The first-order chi connectivity index (χ1) is 12.5. The van der Waals surface area contributed by atoms with Crippen LogP contribution < -0.4 is 0 Å². The van der Waals surface area contributed by atoms with Crippen LogP contribution in [-0.4, -0.2) is 49.1 Å². The molecule has 140 valence electrons. The third kappa shape index (κ3) is 5.20. The van der Waals surface area contributed by atoms with Gasteiger partial charge in [0.2, 0.25) is 5.89 Å². The molecule has 1 amide bonds. The number of rotatable bonds is 8. The number of amides is 1. The molecule has 0 saturated carbocycles. The van der Waals surface area contributed by atoms with Crippen LogP contribution in [0.5, 0.6) is 0 Å². The first kappa shape index (κ1) is 20.2. The van der Waals surface area contributed by atoms with Crippen LogP contribution in [0.15, 0.2) is 28.9 Å². The molecule has 0 atom stereocenters. The van der Waals surface area contributed by atoms with Crippen molar-refractivity contribution in [2.24, 2.45) is 0 Å². The van der Waals surface area contributed by atoms with Gasteiger partial charge in [0.1, 0.15) is 6.26 Å². The van der Waals surface area contributed by atoms with Crippen molar-refractivity contribution >= 4 is 35.1 Å². The standard InChI is InChI=1S/C17H18Cl2N2O5/c1-24-7-3-6-21(9-15-20-14(10-26-15)17(23)25-2)16(22)11-4-5-12(18)13(19)8-11/h4-5,8,10H,3,6-7,9H2,1-2H3. The first-order valence-corrected chi connectivity index (χ1v) is 8.47. The summed E-state index contributed by atoms with van der Waals surface area (Å²) in [6.45, 7) is 0.979. The van der Waals surface area contributed by atoms with E-state index in [1.807, 2.05) is 0 Å². The van der Waals surface area contributed by atoms with Crippen molar-refractivity contribution in [1.82, 2.24) is 9.88 Å². The fraction of sp³-hybridized carbons (Fsp3) is 0.353. The molecular formula is C17H18Cl2N2O5. The van der Waals surface area contributed by atoms with E-state index in [1.165, 1.54) is 24.3 Å². The lowest BCUT2D eigenvalue weighted by atomic mass is 10.2. The van der Waals surface area contributed by atoms with Crippen LogP contribution in [0.25, 0.3) is 0 Å². The molecule has 0 saturated heterocycles. The highest BCUT2D eigenvalue weighted by atomic mass is 35.5. The van der Waals surface area contributed by atoms with Gasteiger partial charge in [-0.1, -0.05) is 23.2 Å². The summed E-state index contributed by atoms with van der Waals surface area (Å²) >= 11 is 11.9. The highest BCUT2D eigenvalue weighted by molar-refractivity contribution is 6.42. The van der Waals surface area contributed by atoms with Crippen molar-refractivity contribution in [2.45, 2.75) is 13.0 Å². The zero-order valence-electron chi connectivity index (χ0n) is 14.3. The van der Waals surface area contributed by atoms with Gasteiger partial charge in [-0.2, -0.15) is 0 Å². The van der Waals surface area contributed by atoms with Crippen LogP contribution in [-0.2, 0) is 16.0 Å². The van der Waals surface area contributed by atoms with Crippen molar-refractivity contribution in [3.8, 4) is 0 Å². The molecule has 7 nitrogen and oxygen atoms in total. The van der Waals surface area contributed by atoms with Crippen LogP contribution in [0.3, 0.4) is 0 Å². The average molecular weight is 401 g/mol. The van der Waals surface area contributed by atoms with Gasteiger partial charge in [0.05, 0.1) is 23.7 Å². The van der Waals surface area contributed by atoms with Gasteiger partial charge in [0.15, 0.2) is 5.69 Å². The minimum atomic E-state index is -0.609. The van der Waals surface area contributed by atoms with E-state index >= 15 is 0 Å². The number of halogens is 2. The quantitative estimate of drug-likeness (QED) is 0.498. The SMILES string of the molecule is COCCCN(Cc1nc(C(=O)OC)co1)C(=O)c1ccc(Cl)c(Cl)c1. The van der Waals surface area contributed by atoms with Crippen LogP contribution in [0.4, 0.5) is 0 Å². The van der Waals surface area contributed by atoms with Gasteiger partial charge in [0.25, 0.3) is 5.91 Å². The fourth-order valence-electron chi connectivity index (χ4n) is 2.21. The van der Waals surface area contributed by atoms with Crippen LogP contribution in [0, 0.1) is 0 Å². The third-order valence-corrected chi connectivity index (χ3v) is 4.24. The molecule has 0 radical (unpaired) electrons. The summed E-state index contributed by atoms with van der Waals surface area (Å²) in [5, 5.41) is 0.656. The number of nitrogens with zero attached hydrogens (tertiary/aromatic N) is 2. The molecule has 0 aliphatic heterocycles. The van der Waals surface area contributed by atoms with Gasteiger partial charge < -0.3 is 18.8 Å². The Kier molecular flexibility index (Phi) is 7.44. The number of esters is 1. The zero-order chi connectivity index (χ0) is 19.1. The molecule has 0 unspecified atom stereocenters. The Morgan fingerprint density at radius 1 is 1.23 bits per heavy atom. The van der Waals surface area contributed by atoms with Gasteiger partial charge in [-0.05, 0) is 24.6 Å². The zero-order valence-corrected chi connectivity index (χ0v) is 15.8. The molecule has 9 heteroatoms. The normalized spacial score (nSPS) is 10.6. The van der Waals surface area contributed by atoms with Gasteiger partial charge >= 0.3 is 5.97 Å². The highest BCUT2D eigenvalue weighted by Crippen LogP contribution is 2.23. The Bertz CT molecular complexity index is 778. The molecule has 0 spiro atoms. The predicted octanol–water partition coefficient (Wildman–Crippen LogP) is 3.45. The van der Waals surface area contributed by atoms with Crippen molar-refractivity contribution in [2.75, 3.05) is 27.4 Å². The molecule has 1 aromatic heterocycles. The second kappa shape index (κ2) is 9.56. The molecule has 2 rings (SSSR count). The lowest BCUT2D eigenvalue weighted by Gasteiger charge is -2.21. The number of carbonyl (C=O) groups is 2. The molecule has 0 bridgehead atoms. The Hall–Kier alpha value is -2.09. The van der Waals surface area contributed by atoms with Crippen molar-refractivity contribution < 1.29 is 23.5 Å². The van der Waals surface area contributed by atoms with Crippen LogP contribution in [0.2, 0.25) is 10.0 Å². The van der Waals surface area contributed by atoms with Crippen molar-refractivity contribution in [1.29, 1.82) is 0 Å². The summed E-state index contributed by atoms with van der Waals surface area (Å²) in [5.41, 5.74) is 0.429. The molecule has 0 N–H and O–H groups in total. The van der Waals surface area contributed by atoms with E-state index in [4.69, 9.17) is 32.4 Å². The summed E-state index contributed by atoms with van der Waals surface area (Å²) in [6, 6.07) is 4.66. The second-order valence-electron chi connectivity index (χ2n) is 5.32. The number of ether oxygens (including phenoxy) is 2. The Labute approximate surface area is 160 Å². The second-order valence-corrected chi connectivity index (χ2v) is 6.13. The molecule has 26 heavy (non-hydrogen) atoms. The number of carbonyl (C=O) groups excluding carboxylic acids is 2. The van der Waals surface area contributed by atoms with Gasteiger partial charge in [0, 0.05) is 25.8 Å².